The van der Waals surface area contributed by atoms with Crippen molar-refractivity contribution in [1.82, 2.24) is 5.32 Å². The molecule has 608 valence electrons. The molecule has 2 bridgehead atoms. The lowest BCUT2D eigenvalue weighted by atomic mass is 9.52. The highest BCUT2D eigenvalue weighted by Gasteiger charge is 2.73. The number of allylic oxidation sites excluding steroid dienone is 4. The minimum atomic E-state index is -2.42. The normalized spacial score (nSPS) is 23.8. The summed E-state index contributed by atoms with van der Waals surface area (Å²) in [5.74, 6) is -8.41. The van der Waals surface area contributed by atoms with E-state index in [2.05, 4.69) is 43.5 Å². The molecule has 109 heavy (non-hydrogen) atoms. The maximum atomic E-state index is 15.5. The number of benzene rings is 2. The van der Waals surface area contributed by atoms with Crippen molar-refractivity contribution in [3.8, 4) is 0 Å². The van der Waals surface area contributed by atoms with Crippen LogP contribution in [0.3, 0.4) is 0 Å². The molecule has 1 saturated heterocycles. The SMILES string of the molecule is CCCCCCCC/C=C\CCCCCCCC(=O)OCC(COC(=O)CCC(=O)O[C@@H](C(=O)O[C@H]1C[C@@]2(O)[C@@H](OC(=O)c3ccccc3)C[C@@H]3[C@]4(OC(C)=O)CO[C@@H]4C[C@H](O)[C@@]3(C)C(=O)[C@H](O)C(=C1C)C2(C)C)[C@@H](NC(=O)OC(C)(C)C)c1ccccc1)OC(=O)CCCCCCC/C=C\CCCCCCCC. The van der Waals surface area contributed by atoms with Gasteiger partial charge in [0.25, 0.3) is 0 Å². The molecular formula is C87H129NO21. The molecule has 2 saturated carbocycles. The molecule has 4 N–H and O–H groups in total. The number of carbonyl (C=O) groups is 9. The molecule has 12 atom stereocenters. The number of alkyl carbamates (subject to hydrolysis) is 1. The number of nitrogens with one attached hydrogen (secondary N) is 1. The fourth-order valence-electron chi connectivity index (χ4n) is 15.8. The summed E-state index contributed by atoms with van der Waals surface area (Å²) in [5, 5.41) is 41.4. The molecule has 1 unspecified atom stereocenters. The third kappa shape index (κ3) is 27.3. The van der Waals surface area contributed by atoms with Gasteiger partial charge in [0.15, 0.2) is 17.5 Å². The average molecular weight is 1520 g/mol. The van der Waals surface area contributed by atoms with Crippen LogP contribution in [-0.4, -0.2) is 148 Å². The van der Waals surface area contributed by atoms with E-state index in [1.165, 1.54) is 136 Å². The minimum Gasteiger partial charge on any atom is -0.462 e. The Morgan fingerprint density at radius 2 is 1.09 bits per heavy atom. The van der Waals surface area contributed by atoms with Crippen molar-refractivity contribution in [2.45, 2.75) is 347 Å². The Labute approximate surface area is 647 Å². The maximum Gasteiger partial charge on any atom is 0.408 e. The standard InChI is InChI=1S/C87H129NO21/c1-11-13-15-17-19-21-23-25-27-29-31-33-35-37-45-51-71(91)101-58-65(104-73(93)52-46-38-36-34-32-30-28-26-24-22-20-18-16-14-12-2)59-102-72(92)53-54-74(94)107-78(76(63-47-41-39-42-48-63)88-82(99)109-83(5,6)7)81(98)105-66-57-87(100)70(106-80(97)64-49-43-40-44-50-64)55-67-85(10,79(96)77(95)75(61(66)3)84(87,8)9)68(90)56-69-86(67,60-103-69)108-62(4)89/h25-28,39-44,47-50,65-70,76-78,90,95,100H,11-24,29-38,45-46,51-60H2,1-10H3,(H,88,99)/b27-25-,28-26-/t65?,66-,67-,68-,69+,70-,76-,77+,78+,85-,86+,87+/m0/s1. The molecule has 22 nitrogen and oxygen atoms in total. The summed E-state index contributed by atoms with van der Waals surface area (Å²) in [6.45, 7) is 15.2. The van der Waals surface area contributed by atoms with E-state index >= 15 is 9.59 Å². The number of hydrogen-bond donors (Lipinski definition) is 4. The Morgan fingerprint density at radius 1 is 0.615 bits per heavy atom. The van der Waals surface area contributed by atoms with Crippen LogP contribution < -0.4 is 5.32 Å². The first-order chi connectivity index (χ1) is 52.0. The van der Waals surface area contributed by atoms with Gasteiger partial charge in [-0.1, -0.05) is 203 Å². The predicted octanol–water partition coefficient (Wildman–Crippen LogP) is 16.1. The number of rotatable bonds is 47. The van der Waals surface area contributed by atoms with Crippen LogP contribution in [0.5, 0.6) is 0 Å². The third-order valence-electron chi connectivity index (χ3n) is 22.1. The number of esters is 7. The number of amides is 1. The topological polar surface area (TPSA) is 309 Å². The van der Waals surface area contributed by atoms with E-state index < -0.39 is 175 Å². The molecule has 1 amide bonds. The minimum absolute atomic E-state index is 0.0494. The molecule has 0 aromatic heterocycles. The number of hydrogen-bond acceptors (Lipinski definition) is 21. The van der Waals surface area contributed by atoms with E-state index in [9.17, 15) is 48.9 Å². The van der Waals surface area contributed by atoms with Crippen LogP contribution in [0.2, 0.25) is 0 Å². The second-order valence-electron chi connectivity index (χ2n) is 32.1. The van der Waals surface area contributed by atoms with E-state index in [4.69, 9.17) is 42.6 Å². The van der Waals surface area contributed by atoms with E-state index in [1.54, 1.807) is 57.2 Å². The fraction of sp³-hybridized carbons (Fsp3) is 0.690. The smallest absolute Gasteiger partial charge is 0.408 e. The van der Waals surface area contributed by atoms with E-state index in [0.29, 0.717) is 12.8 Å². The quantitative estimate of drug-likeness (QED) is 0.0207. The number of aliphatic hydroxyl groups excluding tert-OH is 2. The third-order valence-corrected chi connectivity index (χ3v) is 22.1. The van der Waals surface area contributed by atoms with Crippen LogP contribution in [0.1, 0.15) is 303 Å². The van der Waals surface area contributed by atoms with Crippen LogP contribution in [0, 0.1) is 16.7 Å². The molecule has 3 fully saturated rings. The zero-order valence-corrected chi connectivity index (χ0v) is 66.9. The molecule has 6 rings (SSSR count). The van der Waals surface area contributed by atoms with Crippen LogP contribution in [-0.2, 0) is 76.2 Å². The van der Waals surface area contributed by atoms with Gasteiger partial charge in [-0.2, -0.15) is 0 Å². The predicted molar refractivity (Wildman–Crippen MR) is 412 cm³/mol. The van der Waals surface area contributed by atoms with Gasteiger partial charge in [-0.05, 0) is 134 Å². The van der Waals surface area contributed by atoms with Gasteiger partial charge in [-0.3, -0.25) is 28.8 Å². The Bertz CT molecular complexity index is 3300. The molecule has 3 aliphatic carbocycles. The van der Waals surface area contributed by atoms with Gasteiger partial charge in [0, 0.05) is 43.9 Å². The van der Waals surface area contributed by atoms with Crippen molar-refractivity contribution in [3.63, 3.8) is 0 Å². The van der Waals surface area contributed by atoms with Gasteiger partial charge >= 0.3 is 47.9 Å². The summed E-state index contributed by atoms with van der Waals surface area (Å²) < 4.78 is 53.4. The Morgan fingerprint density at radius 3 is 1.60 bits per heavy atom. The first-order valence-corrected chi connectivity index (χ1v) is 40.7. The number of carbonyl (C=O) groups excluding carboxylic acids is 9. The molecule has 4 aliphatic rings. The second-order valence-corrected chi connectivity index (χ2v) is 32.1. The monoisotopic (exact) mass is 1520 g/mol. The zero-order valence-electron chi connectivity index (χ0n) is 66.9. The average Bonchev–Trinajstić information content (AvgIpc) is 1.66. The second kappa shape index (κ2) is 45.3. The summed E-state index contributed by atoms with van der Waals surface area (Å²) >= 11 is 0. The number of Topliss-reactive ketones (excluding diaryl/α,β-unsaturated/α-hetero) is 1. The molecule has 0 spiro atoms. The van der Waals surface area contributed by atoms with Gasteiger partial charge in [0.1, 0.15) is 54.9 Å². The van der Waals surface area contributed by atoms with Crippen LogP contribution in [0.4, 0.5) is 4.79 Å². The highest BCUT2D eigenvalue weighted by molar-refractivity contribution is 5.93. The zero-order chi connectivity index (χ0) is 79.6. The Hall–Kier alpha value is -7.27. The molecule has 22 heteroatoms. The molecule has 2 aromatic carbocycles. The van der Waals surface area contributed by atoms with E-state index in [-0.39, 0.29) is 48.1 Å². The van der Waals surface area contributed by atoms with Gasteiger partial charge in [0.05, 0.1) is 36.5 Å². The highest BCUT2D eigenvalue weighted by atomic mass is 16.6. The fourth-order valence-corrected chi connectivity index (χ4v) is 15.8. The van der Waals surface area contributed by atoms with Crippen molar-refractivity contribution in [2.75, 3.05) is 19.8 Å². The molecule has 0 radical (unpaired) electrons. The summed E-state index contributed by atoms with van der Waals surface area (Å²) in [5.41, 5.74) is -8.69. The van der Waals surface area contributed by atoms with E-state index in [1.807, 2.05) is 0 Å². The number of ketones is 1. The summed E-state index contributed by atoms with van der Waals surface area (Å²) in [6, 6.07) is 14.2. The number of fused-ring (bicyclic) bond motifs is 5. The molecule has 2 aromatic rings. The molecule has 1 aliphatic heterocycles. The summed E-state index contributed by atoms with van der Waals surface area (Å²) in [4.78, 5) is 127. The summed E-state index contributed by atoms with van der Waals surface area (Å²) in [6.07, 6.45) is 22.6. The Kier molecular flexibility index (Phi) is 37.7. The van der Waals surface area contributed by atoms with Gasteiger partial charge in [0.2, 0.25) is 6.10 Å². The van der Waals surface area contributed by atoms with Crippen molar-refractivity contribution >= 4 is 53.7 Å². The first-order valence-electron chi connectivity index (χ1n) is 40.7. The lowest BCUT2D eigenvalue weighted by Crippen LogP contribution is -2.75. The first kappa shape index (κ1) is 90.6. The Balaban J connectivity index is 1.19. The van der Waals surface area contributed by atoms with Gasteiger partial charge in [-0.25, -0.2) is 14.4 Å². The number of unbranched alkanes of at least 4 members (excludes halogenated alkanes) is 22. The van der Waals surface area contributed by atoms with Crippen molar-refractivity contribution in [2.24, 2.45) is 16.7 Å². The lowest BCUT2D eigenvalue weighted by Gasteiger charge is -2.62. The summed E-state index contributed by atoms with van der Waals surface area (Å²) in [7, 11) is 0. The van der Waals surface area contributed by atoms with Gasteiger partial charge < -0.3 is 63.3 Å². The van der Waals surface area contributed by atoms with Crippen LogP contribution in [0.15, 0.2) is 96.1 Å². The van der Waals surface area contributed by atoms with Crippen molar-refractivity contribution < 1.29 is 101 Å². The van der Waals surface area contributed by atoms with Gasteiger partial charge in [-0.15, -0.1) is 0 Å². The number of ether oxygens (including phenoxy) is 9. The van der Waals surface area contributed by atoms with Crippen molar-refractivity contribution in [1.29, 1.82) is 0 Å². The molecule has 1 heterocycles. The maximum absolute atomic E-state index is 15.5. The lowest BCUT2D eigenvalue weighted by molar-refractivity contribution is -0.323. The van der Waals surface area contributed by atoms with Crippen LogP contribution >= 0.6 is 0 Å². The number of aliphatic hydroxyl groups is 3. The molecular weight excluding hydrogens is 1390 g/mol. The van der Waals surface area contributed by atoms with Crippen molar-refractivity contribution in [3.05, 3.63) is 107 Å². The largest absolute Gasteiger partial charge is 0.462 e. The highest BCUT2D eigenvalue weighted by Crippen LogP contribution is 2.62. The van der Waals surface area contributed by atoms with E-state index in [0.717, 1.165) is 77.0 Å². The van der Waals surface area contributed by atoms with Crippen LogP contribution in [0.25, 0.3) is 0 Å².